The Morgan fingerprint density at radius 2 is 2.23 bits per heavy atom. The molecule has 2 N–H and O–H groups in total. The Bertz CT molecular complexity index is 158. The largest absolute Gasteiger partial charge is 0.392 e. The van der Waals surface area contributed by atoms with E-state index in [9.17, 15) is 5.11 Å². The molecule has 0 aromatic rings. The number of hydrogen-bond acceptors (Lipinski definition) is 3. The number of likely N-dealkylation sites (tertiary alicyclic amines) is 1. The van der Waals surface area contributed by atoms with E-state index in [2.05, 4.69) is 10.2 Å². The lowest BCUT2D eigenvalue weighted by Crippen LogP contribution is -2.35. The van der Waals surface area contributed by atoms with Crippen molar-refractivity contribution in [2.75, 3.05) is 32.7 Å². The number of piperidine rings is 1. The minimum atomic E-state index is -0.173. The Morgan fingerprint density at radius 3 is 2.92 bits per heavy atom. The Kier molecular flexibility index (Phi) is 2.86. The first kappa shape index (κ1) is 9.44. The van der Waals surface area contributed by atoms with Crippen LogP contribution in [0.15, 0.2) is 0 Å². The van der Waals surface area contributed by atoms with Gasteiger partial charge >= 0.3 is 0 Å². The zero-order valence-electron chi connectivity index (χ0n) is 8.37. The third-order valence-corrected chi connectivity index (χ3v) is 3.27. The van der Waals surface area contributed by atoms with Gasteiger partial charge < -0.3 is 15.3 Å². The molecule has 0 spiro atoms. The number of hydrogen-bond donors (Lipinski definition) is 2. The van der Waals surface area contributed by atoms with Crippen LogP contribution in [0, 0.1) is 11.8 Å². The lowest BCUT2D eigenvalue weighted by molar-refractivity contribution is 0.138. The van der Waals surface area contributed by atoms with Gasteiger partial charge in [-0.2, -0.15) is 0 Å². The maximum atomic E-state index is 9.29. The van der Waals surface area contributed by atoms with Gasteiger partial charge in [0.15, 0.2) is 0 Å². The molecule has 2 heterocycles. The monoisotopic (exact) mass is 184 g/mol. The van der Waals surface area contributed by atoms with E-state index in [0.717, 1.165) is 18.4 Å². The van der Waals surface area contributed by atoms with E-state index in [1.165, 1.54) is 32.6 Å². The highest BCUT2D eigenvalue weighted by molar-refractivity contribution is 4.88. The van der Waals surface area contributed by atoms with Gasteiger partial charge in [0.2, 0.25) is 0 Å². The predicted octanol–water partition coefficient (Wildman–Crippen LogP) is -0.0915. The van der Waals surface area contributed by atoms with Crippen molar-refractivity contribution in [3.63, 3.8) is 0 Å². The van der Waals surface area contributed by atoms with Gasteiger partial charge in [-0.25, -0.2) is 0 Å². The summed E-state index contributed by atoms with van der Waals surface area (Å²) in [6.45, 7) is 7.48. The molecule has 0 amide bonds. The number of aliphatic hydroxyl groups excluding tert-OH is 1. The van der Waals surface area contributed by atoms with Gasteiger partial charge in [-0.3, -0.25) is 0 Å². The summed E-state index contributed by atoms with van der Waals surface area (Å²) in [6, 6.07) is 0. The fraction of sp³-hybridized carbons (Fsp3) is 1.00. The Balaban J connectivity index is 1.84. The predicted molar refractivity (Wildman–Crippen MR) is 52.6 cm³/mol. The molecule has 0 aromatic carbocycles. The summed E-state index contributed by atoms with van der Waals surface area (Å²) < 4.78 is 0. The molecule has 0 aliphatic carbocycles. The van der Waals surface area contributed by atoms with Crippen LogP contribution < -0.4 is 5.32 Å². The van der Waals surface area contributed by atoms with Crippen LogP contribution in [0.2, 0.25) is 0 Å². The molecule has 2 aliphatic rings. The second kappa shape index (κ2) is 3.95. The second-order valence-electron chi connectivity index (χ2n) is 4.58. The fourth-order valence-corrected chi connectivity index (χ4v) is 2.69. The van der Waals surface area contributed by atoms with Crippen LogP contribution in [0.1, 0.15) is 13.3 Å². The highest BCUT2D eigenvalue weighted by atomic mass is 16.3. The molecular weight excluding hydrogens is 164 g/mol. The first-order chi connectivity index (χ1) is 6.25. The van der Waals surface area contributed by atoms with Gasteiger partial charge in [-0.1, -0.05) is 0 Å². The molecule has 2 fully saturated rings. The molecule has 0 bridgehead atoms. The Labute approximate surface area is 80.1 Å². The molecule has 3 nitrogen and oxygen atoms in total. The SMILES string of the molecule is CC(O)CN1CC2CCNCC2C1. The van der Waals surface area contributed by atoms with E-state index in [-0.39, 0.29) is 6.10 Å². The molecule has 0 aromatic heterocycles. The zero-order valence-corrected chi connectivity index (χ0v) is 8.37. The third-order valence-electron chi connectivity index (χ3n) is 3.27. The maximum absolute atomic E-state index is 9.29. The van der Waals surface area contributed by atoms with Gasteiger partial charge in [0, 0.05) is 19.6 Å². The number of rotatable bonds is 2. The second-order valence-corrected chi connectivity index (χ2v) is 4.58. The van der Waals surface area contributed by atoms with Crippen molar-refractivity contribution < 1.29 is 5.11 Å². The van der Waals surface area contributed by atoms with Gasteiger partial charge in [-0.05, 0) is 38.3 Å². The van der Waals surface area contributed by atoms with Crippen LogP contribution in [-0.2, 0) is 0 Å². The molecule has 3 atom stereocenters. The normalized spacial score (nSPS) is 37.4. The molecule has 3 unspecified atom stereocenters. The maximum Gasteiger partial charge on any atom is 0.0639 e. The standard InChI is InChI=1S/C10H20N2O/c1-8(13)5-12-6-9-2-3-11-4-10(9)7-12/h8-11,13H,2-7H2,1H3. The molecule has 2 rings (SSSR count). The minimum Gasteiger partial charge on any atom is -0.392 e. The van der Waals surface area contributed by atoms with Gasteiger partial charge in [0.25, 0.3) is 0 Å². The molecule has 2 saturated heterocycles. The summed E-state index contributed by atoms with van der Waals surface area (Å²) >= 11 is 0. The van der Waals surface area contributed by atoms with Crippen LogP contribution in [0.4, 0.5) is 0 Å². The van der Waals surface area contributed by atoms with Crippen molar-refractivity contribution in [2.45, 2.75) is 19.4 Å². The molecule has 76 valence electrons. The van der Waals surface area contributed by atoms with Crippen LogP contribution in [0.25, 0.3) is 0 Å². The van der Waals surface area contributed by atoms with Crippen molar-refractivity contribution in [2.24, 2.45) is 11.8 Å². The lowest BCUT2D eigenvalue weighted by atomic mass is 9.90. The van der Waals surface area contributed by atoms with Crippen molar-refractivity contribution in [3.8, 4) is 0 Å². The summed E-state index contributed by atoms with van der Waals surface area (Å²) in [5, 5.41) is 12.7. The van der Waals surface area contributed by atoms with Crippen molar-refractivity contribution in [1.82, 2.24) is 10.2 Å². The van der Waals surface area contributed by atoms with Crippen molar-refractivity contribution >= 4 is 0 Å². The molecule has 0 radical (unpaired) electrons. The number of aliphatic hydroxyl groups is 1. The average molecular weight is 184 g/mol. The molecular formula is C10H20N2O. The number of nitrogens with zero attached hydrogens (tertiary/aromatic N) is 1. The Hall–Kier alpha value is -0.120. The highest BCUT2D eigenvalue weighted by Gasteiger charge is 2.34. The number of nitrogens with one attached hydrogen (secondary N) is 1. The quantitative estimate of drug-likeness (QED) is 0.629. The Morgan fingerprint density at radius 1 is 1.46 bits per heavy atom. The minimum absolute atomic E-state index is 0.173. The lowest BCUT2D eigenvalue weighted by Gasteiger charge is -2.24. The summed E-state index contributed by atoms with van der Waals surface area (Å²) in [5.74, 6) is 1.73. The van der Waals surface area contributed by atoms with Crippen LogP contribution in [-0.4, -0.2) is 48.8 Å². The number of fused-ring (bicyclic) bond motifs is 1. The van der Waals surface area contributed by atoms with E-state index < -0.39 is 0 Å². The first-order valence-electron chi connectivity index (χ1n) is 5.37. The van der Waals surface area contributed by atoms with Gasteiger partial charge in [-0.15, -0.1) is 0 Å². The van der Waals surface area contributed by atoms with Crippen molar-refractivity contribution in [3.05, 3.63) is 0 Å². The van der Waals surface area contributed by atoms with Gasteiger partial charge in [0.1, 0.15) is 0 Å². The molecule has 2 aliphatic heterocycles. The van der Waals surface area contributed by atoms with E-state index >= 15 is 0 Å². The molecule has 13 heavy (non-hydrogen) atoms. The van der Waals surface area contributed by atoms with Gasteiger partial charge in [0.05, 0.1) is 6.10 Å². The fourth-order valence-electron chi connectivity index (χ4n) is 2.69. The van der Waals surface area contributed by atoms with E-state index in [0.29, 0.717) is 0 Å². The smallest absolute Gasteiger partial charge is 0.0639 e. The topological polar surface area (TPSA) is 35.5 Å². The van der Waals surface area contributed by atoms with Crippen LogP contribution in [0.3, 0.4) is 0 Å². The van der Waals surface area contributed by atoms with Crippen molar-refractivity contribution in [1.29, 1.82) is 0 Å². The number of β-amino-alcohol motifs (C(OH)–C–C–N with tert-alkyl or cyclic N) is 1. The summed E-state index contributed by atoms with van der Waals surface area (Å²) in [6.07, 6.45) is 1.15. The van der Waals surface area contributed by atoms with Crippen LogP contribution in [0.5, 0.6) is 0 Å². The van der Waals surface area contributed by atoms with E-state index in [4.69, 9.17) is 0 Å². The average Bonchev–Trinajstić information content (AvgIpc) is 2.44. The summed E-state index contributed by atoms with van der Waals surface area (Å²) in [7, 11) is 0. The first-order valence-corrected chi connectivity index (χ1v) is 5.37. The molecule has 3 heteroatoms. The molecule has 0 saturated carbocycles. The van der Waals surface area contributed by atoms with E-state index in [1.54, 1.807) is 0 Å². The highest BCUT2D eigenvalue weighted by Crippen LogP contribution is 2.27. The zero-order chi connectivity index (χ0) is 9.26. The summed E-state index contributed by atoms with van der Waals surface area (Å²) in [5.41, 5.74) is 0. The summed E-state index contributed by atoms with van der Waals surface area (Å²) in [4.78, 5) is 2.41. The van der Waals surface area contributed by atoms with Crippen LogP contribution >= 0.6 is 0 Å². The third kappa shape index (κ3) is 2.22. The van der Waals surface area contributed by atoms with E-state index in [1.807, 2.05) is 6.92 Å².